The Morgan fingerprint density at radius 3 is 1.27 bits per heavy atom. The zero-order valence-electron chi connectivity index (χ0n) is 25.1. The predicted molar refractivity (Wildman–Crippen MR) is 135 cm³/mol. The summed E-state index contributed by atoms with van der Waals surface area (Å²) in [6.07, 6.45) is -16.3. The fourth-order valence-electron chi connectivity index (χ4n) is 4.49. The molecule has 0 aliphatic carbocycles. The monoisotopic (exact) mass is 636 g/mol. The van der Waals surface area contributed by atoms with E-state index in [1.807, 2.05) is 0 Å². The van der Waals surface area contributed by atoms with Crippen molar-refractivity contribution in [3.63, 3.8) is 0 Å². The van der Waals surface area contributed by atoms with Gasteiger partial charge in [0.1, 0.15) is 31.5 Å². The lowest BCUT2D eigenvalue weighted by Gasteiger charge is -2.48. The van der Waals surface area contributed by atoms with Gasteiger partial charge in [0.05, 0.1) is 0 Å². The predicted octanol–water partition coefficient (Wildman–Crippen LogP) is -1.40. The summed E-state index contributed by atoms with van der Waals surface area (Å²) < 4.78 is 54.1. The van der Waals surface area contributed by atoms with Crippen LogP contribution in [0.15, 0.2) is 0 Å². The van der Waals surface area contributed by atoms with E-state index in [-0.39, 0.29) is 0 Å². The number of ether oxygens (including phenoxy) is 10. The summed E-state index contributed by atoms with van der Waals surface area (Å²) in [6, 6.07) is 0. The summed E-state index contributed by atoms with van der Waals surface area (Å²) in [7, 11) is 0. The summed E-state index contributed by atoms with van der Waals surface area (Å²) in [6.45, 7) is 6.11. The molecule has 0 aromatic heterocycles. The van der Waals surface area contributed by atoms with Crippen LogP contribution in [0, 0.1) is 0 Å². The maximum absolute atomic E-state index is 12.2. The van der Waals surface area contributed by atoms with Crippen LogP contribution in [-0.2, 0) is 80.9 Å². The Morgan fingerprint density at radius 2 is 0.841 bits per heavy atom. The number of rotatable bonds is 11. The van der Waals surface area contributed by atoms with Crippen molar-refractivity contribution < 1.29 is 86.0 Å². The molecule has 0 aromatic rings. The first-order valence-corrected chi connectivity index (χ1v) is 13.3. The minimum Gasteiger partial charge on any atom is -0.463 e. The second-order valence-corrected chi connectivity index (χ2v) is 9.68. The van der Waals surface area contributed by atoms with Crippen LogP contribution in [0.1, 0.15) is 48.5 Å². The normalized spacial score (nSPS) is 31.5. The molecule has 2 aliphatic rings. The first kappa shape index (κ1) is 36.3. The molecule has 1 N–H and O–H groups in total. The maximum atomic E-state index is 12.2. The number of aliphatic hydroxyl groups is 1. The largest absolute Gasteiger partial charge is 0.463 e. The SMILES string of the molecule is CC(=O)OC[C@H]1O[C@@H](O)[C@H](OC(C)=O)[C@H](OC(C)=O)[C@@H]1O[C@H]1O[C@H](COC(C)=O)[C@@H](OC(C)=O)[C@@H](OC(C)=O)[C@H]1OC(C)=O. The Morgan fingerprint density at radius 1 is 0.477 bits per heavy atom. The van der Waals surface area contributed by atoms with Crippen molar-refractivity contribution in [1.29, 1.82) is 0 Å². The van der Waals surface area contributed by atoms with E-state index in [1.165, 1.54) is 0 Å². The Labute approximate surface area is 251 Å². The van der Waals surface area contributed by atoms with Crippen molar-refractivity contribution in [2.24, 2.45) is 0 Å². The molecule has 2 rings (SSSR count). The van der Waals surface area contributed by atoms with Crippen LogP contribution in [0.3, 0.4) is 0 Å². The van der Waals surface area contributed by atoms with Gasteiger partial charge in [0.25, 0.3) is 0 Å². The molecular weight excluding hydrogens is 600 g/mol. The maximum Gasteiger partial charge on any atom is 0.303 e. The summed E-state index contributed by atoms with van der Waals surface area (Å²) in [5.74, 6) is -6.03. The highest BCUT2D eigenvalue weighted by Gasteiger charge is 2.57. The minimum atomic E-state index is -1.90. The van der Waals surface area contributed by atoms with Crippen molar-refractivity contribution in [1.82, 2.24) is 0 Å². The molecule has 2 fully saturated rings. The van der Waals surface area contributed by atoms with Gasteiger partial charge >= 0.3 is 41.8 Å². The highest BCUT2D eigenvalue weighted by atomic mass is 16.8. The van der Waals surface area contributed by atoms with Crippen LogP contribution in [0.5, 0.6) is 0 Å². The number of esters is 7. The van der Waals surface area contributed by atoms with Gasteiger partial charge < -0.3 is 52.5 Å². The van der Waals surface area contributed by atoms with Gasteiger partial charge in [-0.15, -0.1) is 0 Å². The number of hydrogen-bond donors (Lipinski definition) is 1. The Hall–Kier alpha value is -3.87. The van der Waals surface area contributed by atoms with E-state index in [9.17, 15) is 38.7 Å². The lowest BCUT2D eigenvalue weighted by atomic mass is 9.96. The van der Waals surface area contributed by atoms with E-state index in [1.54, 1.807) is 0 Å². The van der Waals surface area contributed by atoms with Crippen LogP contribution >= 0.6 is 0 Å². The Balaban J connectivity index is 2.66. The van der Waals surface area contributed by atoms with Crippen molar-refractivity contribution in [2.75, 3.05) is 13.2 Å². The van der Waals surface area contributed by atoms with E-state index >= 15 is 0 Å². The summed E-state index contributed by atoms with van der Waals surface area (Å²) in [5.41, 5.74) is 0. The highest BCUT2D eigenvalue weighted by molar-refractivity contribution is 5.69. The van der Waals surface area contributed by atoms with Gasteiger partial charge in [-0.05, 0) is 0 Å². The van der Waals surface area contributed by atoms with Crippen LogP contribution < -0.4 is 0 Å². The molecule has 10 atom stereocenters. The minimum absolute atomic E-state index is 0.572. The first-order chi connectivity index (χ1) is 20.5. The van der Waals surface area contributed by atoms with E-state index in [2.05, 4.69) is 0 Å². The highest BCUT2D eigenvalue weighted by Crippen LogP contribution is 2.34. The van der Waals surface area contributed by atoms with Gasteiger partial charge in [-0.25, -0.2) is 0 Å². The van der Waals surface area contributed by atoms with Crippen LogP contribution in [0.2, 0.25) is 0 Å². The number of carbonyl (C=O) groups is 7. The molecule has 0 unspecified atom stereocenters. The van der Waals surface area contributed by atoms with Gasteiger partial charge in [-0.3, -0.25) is 33.6 Å². The molecule has 2 aliphatic heterocycles. The van der Waals surface area contributed by atoms with Gasteiger partial charge in [-0.1, -0.05) is 0 Å². The zero-order valence-corrected chi connectivity index (χ0v) is 25.1. The van der Waals surface area contributed by atoms with Crippen molar-refractivity contribution in [2.45, 2.75) is 110 Å². The Bertz CT molecular complexity index is 1090. The topological polar surface area (TPSA) is 232 Å². The summed E-state index contributed by atoms with van der Waals surface area (Å²) >= 11 is 0. The van der Waals surface area contributed by atoms with E-state index < -0.39 is 116 Å². The lowest BCUT2D eigenvalue weighted by molar-refractivity contribution is -0.357. The third-order valence-electron chi connectivity index (χ3n) is 5.90. The molecule has 0 aromatic carbocycles. The fraction of sp³-hybridized carbons (Fsp3) is 0.731. The number of carbonyl (C=O) groups excluding carboxylic acids is 7. The standard InChI is InChI=1S/C26H36O18/c1-10(27)35-8-17-20(21(38-13(4)30)23(25(34)42-17)40-15(6)32)44-26-24(41-16(7)33)22(39-14(5)31)19(37-12(3)29)18(43-26)9-36-11(2)28/h17-26,34H,8-9H2,1-7H3/t17-,18-,19-,20-,21-,22-,23-,24-,25-,26-/m1/s1. The average Bonchev–Trinajstić information content (AvgIpc) is 2.87. The molecule has 2 heterocycles. The van der Waals surface area contributed by atoms with Crippen LogP contribution in [-0.4, -0.2) is 122 Å². The molecule has 0 bridgehead atoms. The van der Waals surface area contributed by atoms with Crippen molar-refractivity contribution >= 4 is 41.8 Å². The molecule has 18 nitrogen and oxygen atoms in total. The third-order valence-corrected chi connectivity index (χ3v) is 5.90. The van der Waals surface area contributed by atoms with E-state index in [0.717, 1.165) is 48.5 Å². The van der Waals surface area contributed by atoms with E-state index in [0.29, 0.717) is 0 Å². The molecule has 44 heavy (non-hydrogen) atoms. The summed E-state index contributed by atoms with van der Waals surface area (Å²) in [5, 5.41) is 10.6. The third kappa shape index (κ3) is 10.7. The molecule has 0 amide bonds. The summed E-state index contributed by atoms with van der Waals surface area (Å²) in [4.78, 5) is 83.5. The molecule has 0 spiro atoms. The molecule has 18 heteroatoms. The molecule has 0 saturated carbocycles. The van der Waals surface area contributed by atoms with Crippen LogP contribution in [0.4, 0.5) is 0 Å². The first-order valence-electron chi connectivity index (χ1n) is 13.3. The quantitative estimate of drug-likeness (QED) is 0.203. The number of hydrogen-bond acceptors (Lipinski definition) is 18. The van der Waals surface area contributed by atoms with Crippen molar-refractivity contribution in [3.8, 4) is 0 Å². The second kappa shape index (κ2) is 16.3. The van der Waals surface area contributed by atoms with Crippen LogP contribution in [0.25, 0.3) is 0 Å². The second-order valence-electron chi connectivity index (χ2n) is 9.68. The lowest BCUT2D eigenvalue weighted by Crippen LogP contribution is -2.67. The Kier molecular flexibility index (Phi) is 13.4. The fourth-order valence-corrected chi connectivity index (χ4v) is 4.49. The van der Waals surface area contributed by atoms with Gasteiger partial charge in [-0.2, -0.15) is 0 Å². The molecule has 2 saturated heterocycles. The molecule has 248 valence electrons. The van der Waals surface area contributed by atoms with Gasteiger partial charge in [0, 0.05) is 48.5 Å². The van der Waals surface area contributed by atoms with E-state index in [4.69, 9.17) is 47.4 Å². The smallest absolute Gasteiger partial charge is 0.303 e. The van der Waals surface area contributed by atoms with Crippen molar-refractivity contribution in [3.05, 3.63) is 0 Å². The molecule has 0 radical (unpaired) electrons. The van der Waals surface area contributed by atoms with Gasteiger partial charge in [0.15, 0.2) is 43.1 Å². The number of aliphatic hydroxyl groups excluding tert-OH is 1. The average molecular weight is 637 g/mol. The van der Waals surface area contributed by atoms with Gasteiger partial charge in [0.2, 0.25) is 0 Å². The molecular formula is C26H36O18. The zero-order chi connectivity index (χ0) is 33.3.